The number of rotatable bonds is 5. The first-order chi connectivity index (χ1) is 7.20. The molecule has 1 aromatic rings. The zero-order chi connectivity index (χ0) is 11.3. The first kappa shape index (κ1) is 12.4. The van der Waals surface area contributed by atoms with Gasteiger partial charge in [-0.1, -0.05) is 29.3 Å². The van der Waals surface area contributed by atoms with Gasteiger partial charge in [0.25, 0.3) is 0 Å². The predicted octanol–water partition coefficient (Wildman–Crippen LogP) is 4.04. The van der Waals surface area contributed by atoms with E-state index in [0.29, 0.717) is 6.61 Å². The number of ether oxygens (including phenoxy) is 1. The summed E-state index contributed by atoms with van der Waals surface area (Å²) in [6.45, 7) is 2.48. The fraction of sp³-hybridized carbons (Fsp3) is 0.455. The van der Waals surface area contributed by atoms with Gasteiger partial charge in [0.1, 0.15) is 5.82 Å². The molecule has 0 fully saturated rings. The molecule has 0 atom stereocenters. The second-order valence-corrected chi connectivity index (χ2v) is 3.73. The number of hydrogen-bond acceptors (Lipinski definition) is 1. The van der Waals surface area contributed by atoms with Crippen molar-refractivity contribution in [3.05, 3.63) is 29.3 Å². The van der Waals surface area contributed by atoms with Crippen LogP contribution in [-0.4, -0.2) is 6.61 Å². The maximum Gasteiger partial charge on any atom is 0.172 e. The highest BCUT2D eigenvalue weighted by atomic mass is 79.9. The lowest BCUT2D eigenvalue weighted by atomic mass is 10.2. The van der Waals surface area contributed by atoms with Gasteiger partial charge in [-0.25, -0.2) is 8.78 Å². The molecule has 0 saturated heterocycles. The largest absolute Gasteiger partial charge is 0.491 e. The number of unbranched alkanes of at least 4 members (excludes halogenated alkanes) is 1. The van der Waals surface area contributed by atoms with Gasteiger partial charge in [0.05, 0.1) is 6.61 Å². The van der Waals surface area contributed by atoms with Crippen molar-refractivity contribution in [2.75, 3.05) is 6.61 Å². The van der Waals surface area contributed by atoms with Crippen LogP contribution in [0.1, 0.15) is 25.3 Å². The number of halogens is 3. The zero-order valence-electron chi connectivity index (χ0n) is 8.53. The molecule has 1 nitrogen and oxygen atoms in total. The van der Waals surface area contributed by atoms with Crippen LogP contribution >= 0.6 is 15.9 Å². The number of benzene rings is 1. The van der Waals surface area contributed by atoms with Gasteiger partial charge in [0.15, 0.2) is 11.6 Å². The highest BCUT2D eigenvalue weighted by Crippen LogP contribution is 2.25. The summed E-state index contributed by atoms with van der Waals surface area (Å²) in [6, 6.07) is 2.55. The van der Waals surface area contributed by atoms with Crippen LogP contribution < -0.4 is 4.74 Å². The molecule has 84 valence electrons. The maximum atomic E-state index is 13.6. The van der Waals surface area contributed by atoms with Gasteiger partial charge in [-0.05, 0) is 18.6 Å². The summed E-state index contributed by atoms with van der Waals surface area (Å²) < 4.78 is 31.9. The number of alkyl halides is 1. The SMILES string of the molecule is CCCCOc1ccc(F)c(CBr)c1F. The van der Waals surface area contributed by atoms with E-state index in [4.69, 9.17) is 4.74 Å². The molecule has 0 unspecified atom stereocenters. The Bertz CT molecular complexity index is 329. The summed E-state index contributed by atoms with van der Waals surface area (Å²) in [5.74, 6) is -1.03. The molecule has 4 heteroatoms. The minimum absolute atomic E-state index is 0.0176. The molecule has 0 aliphatic heterocycles. The molecule has 0 bridgehead atoms. The third-order valence-corrected chi connectivity index (χ3v) is 2.60. The maximum absolute atomic E-state index is 13.6. The van der Waals surface area contributed by atoms with E-state index in [1.165, 1.54) is 12.1 Å². The topological polar surface area (TPSA) is 9.23 Å². The third kappa shape index (κ3) is 3.16. The first-order valence-electron chi connectivity index (χ1n) is 4.86. The normalized spacial score (nSPS) is 10.4. The van der Waals surface area contributed by atoms with Crippen LogP contribution in [0.5, 0.6) is 5.75 Å². The summed E-state index contributed by atoms with van der Waals surface area (Å²) in [5.41, 5.74) is 0.0176. The van der Waals surface area contributed by atoms with Gasteiger partial charge < -0.3 is 4.74 Å². The van der Waals surface area contributed by atoms with Gasteiger partial charge in [0.2, 0.25) is 0 Å². The second kappa shape index (κ2) is 6.05. The summed E-state index contributed by atoms with van der Waals surface area (Å²) in [7, 11) is 0. The van der Waals surface area contributed by atoms with E-state index in [2.05, 4.69) is 15.9 Å². The Morgan fingerprint density at radius 3 is 2.67 bits per heavy atom. The van der Waals surface area contributed by atoms with E-state index in [9.17, 15) is 8.78 Å². The average molecular weight is 279 g/mol. The minimum Gasteiger partial charge on any atom is -0.491 e. The van der Waals surface area contributed by atoms with Gasteiger partial charge in [0, 0.05) is 10.9 Å². The zero-order valence-corrected chi connectivity index (χ0v) is 10.1. The monoisotopic (exact) mass is 278 g/mol. The fourth-order valence-electron chi connectivity index (χ4n) is 1.14. The molecular weight excluding hydrogens is 266 g/mol. The van der Waals surface area contributed by atoms with Crippen molar-refractivity contribution >= 4 is 15.9 Å². The van der Waals surface area contributed by atoms with Crippen LogP contribution in [0.15, 0.2) is 12.1 Å². The standard InChI is InChI=1S/C11H13BrF2O/c1-2-3-6-15-10-5-4-9(13)8(7-12)11(10)14/h4-5H,2-3,6-7H2,1H3. The highest BCUT2D eigenvalue weighted by Gasteiger charge is 2.13. The van der Waals surface area contributed by atoms with E-state index in [1.54, 1.807) is 0 Å². The molecule has 0 aliphatic rings. The molecule has 0 aromatic heterocycles. The quantitative estimate of drug-likeness (QED) is 0.584. The molecule has 1 rings (SSSR count). The molecule has 0 spiro atoms. The van der Waals surface area contributed by atoms with E-state index < -0.39 is 11.6 Å². The minimum atomic E-state index is -0.608. The summed E-state index contributed by atoms with van der Waals surface area (Å²) in [4.78, 5) is 0. The molecular formula is C11H13BrF2O. The molecule has 0 N–H and O–H groups in total. The smallest absolute Gasteiger partial charge is 0.172 e. The molecule has 0 radical (unpaired) electrons. The molecule has 0 amide bonds. The first-order valence-corrected chi connectivity index (χ1v) is 5.98. The molecule has 1 aromatic carbocycles. The van der Waals surface area contributed by atoms with Gasteiger partial charge in [-0.3, -0.25) is 0 Å². The van der Waals surface area contributed by atoms with Crippen LogP contribution in [0.3, 0.4) is 0 Å². The lowest BCUT2D eigenvalue weighted by Gasteiger charge is -2.09. The lowest BCUT2D eigenvalue weighted by Crippen LogP contribution is -2.01. The van der Waals surface area contributed by atoms with Crippen molar-refractivity contribution < 1.29 is 13.5 Å². The fourth-order valence-corrected chi connectivity index (χ4v) is 1.65. The van der Waals surface area contributed by atoms with Gasteiger partial charge in [-0.2, -0.15) is 0 Å². The van der Waals surface area contributed by atoms with Crippen molar-refractivity contribution in [2.24, 2.45) is 0 Å². The third-order valence-electron chi connectivity index (χ3n) is 2.04. The molecule has 0 saturated carbocycles. The average Bonchev–Trinajstić information content (AvgIpc) is 2.22. The van der Waals surface area contributed by atoms with Crippen LogP contribution in [0.4, 0.5) is 8.78 Å². The lowest BCUT2D eigenvalue weighted by molar-refractivity contribution is 0.292. The van der Waals surface area contributed by atoms with Crippen molar-refractivity contribution in [3.63, 3.8) is 0 Å². The number of hydrogen-bond donors (Lipinski definition) is 0. The summed E-state index contributed by atoms with van der Waals surface area (Å²) >= 11 is 3.04. The van der Waals surface area contributed by atoms with E-state index >= 15 is 0 Å². The van der Waals surface area contributed by atoms with Crippen molar-refractivity contribution in [2.45, 2.75) is 25.1 Å². The summed E-state index contributed by atoms with van der Waals surface area (Å²) in [6.07, 6.45) is 1.84. The Balaban J connectivity index is 2.80. The van der Waals surface area contributed by atoms with Crippen molar-refractivity contribution in [3.8, 4) is 5.75 Å². The molecule has 0 heterocycles. The van der Waals surface area contributed by atoms with Crippen LogP contribution in [0, 0.1) is 11.6 Å². The van der Waals surface area contributed by atoms with E-state index in [1.807, 2.05) is 6.92 Å². The molecule has 15 heavy (non-hydrogen) atoms. The van der Waals surface area contributed by atoms with Crippen LogP contribution in [-0.2, 0) is 5.33 Å². The highest BCUT2D eigenvalue weighted by molar-refractivity contribution is 9.08. The van der Waals surface area contributed by atoms with Gasteiger partial charge in [-0.15, -0.1) is 0 Å². The Labute approximate surface area is 96.6 Å². The second-order valence-electron chi connectivity index (χ2n) is 3.17. The van der Waals surface area contributed by atoms with Crippen molar-refractivity contribution in [1.82, 2.24) is 0 Å². The summed E-state index contributed by atoms with van der Waals surface area (Å²) in [5, 5.41) is 0.148. The Kier molecular flexibility index (Phi) is 5.02. The Hall–Kier alpha value is -0.640. The van der Waals surface area contributed by atoms with E-state index in [0.717, 1.165) is 12.8 Å². The van der Waals surface area contributed by atoms with Gasteiger partial charge >= 0.3 is 0 Å². The van der Waals surface area contributed by atoms with E-state index in [-0.39, 0.29) is 16.6 Å². The Morgan fingerprint density at radius 2 is 2.07 bits per heavy atom. The predicted molar refractivity (Wildman–Crippen MR) is 59.4 cm³/mol. The van der Waals surface area contributed by atoms with Crippen molar-refractivity contribution in [1.29, 1.82) is 0 Å². The molecule has 0 aliphatic carbocycles. The van der Waals surface area contributed by atoms with Crippen LogP contribution in [0.2, 0.25) is 0 Å². The Morgan fingerprint density at radius 1 is 1.33 bits per heavy atom. The van der Waals surface area contributed by atoms with Crippen LogP contribution in [0.25, 0.3) is 0 Å².